The van der Waals surface area contributed by atoms with Crippen LogP contribution in [0.5, 0.6) is 0 Å². The Bertz CT molecular complexity index is 493. The molecule has 2 amide bonds. The zero-order chi connectivity index (χ0) is 13.8. The minimum Gasteiger partial charge on any atom is -0.271 e. The van der Waals surface area contributed by atoms with Gasteiger partial charge in [-0.15, -0.1) is 0 Å². The molecule has 0 aromatic heterocycles. The molecule has 0 N–H and O–H groups in total. The van der Waals surface area contributed by atoms with E-state index in [9.17, 15) is 9.59 Å². The van der Waals surface area contributed by atoms with Crippen LogP contribution in [0.25, 0.3) is 0 Å². The highest BCUT2D eigenvalue weighted by Gasteiger charge is 2.51. The highest BCUT2D eigenvalue weighted by Crippen LogP contribution is 2.53. The summed E-state index contributed by atoms with van der Waals surface area (Å²) in [6.07, 6.45) is 8.83. The second-order valence-electron chi connectivity index (χ2n) is 6.25. The van der Waals surface area contributed by atoms with Gasteiger partial charge >= 0.3 is 0 Å². The lowest BCUT2D eigenvalue weighted by Crippen LogP contribution is -2.49. The van der Waals surface area contributed by atoms with Crippen LogP contribution in [0.1, 0.15) is 46.5 Å². The van der Waals surface area contributed by atoms with Crippen LogP contribution in [-0.2, 0) is 9.59 Å². The molecule has 19 heavy (non-hydrogen) atoms. The van der Waals surface area contributed by atoms with Crippen LogP contribution in [0.3, 0.4) is 0 Å². The van der Waals surface area contributed by atoms with Crippen LogP contribution in [0.4, 0.5) is 0 Å². The summed E-state index contributed by atoms with van der Waals surface area (Å²) in [6.45, 7) is 5.62. The minimum absolute atomic E-state index is 0.0312. The van der Waals surface area contributed by atoms with E-state index >= 15 is 0 Å². The summed E-state index contributed by atoms with van der Waals surface area (Å²) < 4.78 is 0. The molecule has 102 valence electrons. The van der Waals surface area contributed by atoms with E-state index in [-0.39, 0.29) is 23.3 Å². The largest absolute Gasteiger partial charge is 0.271 e. The molecule has 0 aromatic carbocycles. The Morgan fingerprint density at radius 3 is 2.32 bits per heavy atom. The van der Waals surface area contributed by atoms with Gasteiger partial charge in [-0.1, -0.05) is 19.1 Å². The minimum atomic E-state index is -0.0764. The smallest absolute Gasteiger partial charge is 0.257 e. The van der Waals surface area contributed by atoms with Gasteiger partial charge < -0.3 is 0 Å². The van der Waals surface area contributed by atoms with Crippen LogP contribution < -0.4 is 0 Å². The maximum Gasteiger partial charge on any atom is 0.257 e. The van der Waals surface area contributed by atoms with Crippen LogP contribution >= 0.6 is 0 Å². The summed E-state index contributed by atoms with van der Waals surface area (Å²) in [5.74, 6) is 0.511. The standard InChI is InChI=1S/C16H21NO2/c1-4-13(16-7-5-12(9-16)6-8-16)17-14(18)10(2)11(3)15(17)19/h5,7,12-13H,4,6,8-9H2,1-3H3. The van der Waals surface area contributed by atoms with Crippen molar-refractivity contribution in [3.63, 3.8) is 0 Å². The third kappa shape index (κ3) is 1.57. The third-order valence-electron chi connectivity index (χ3n) is 5.33. The summed E-state index contributed by atoms with van der Waals surface area (Å²) in [5, 5.41) is 0. The first-order chi connectivity index (χ1) is 9.00. The highest BCUT2D eigenvalue weighted by atomic mass is 16.2. The Morgan fingerprint density at radius 2 is 1.95 bits per heavy atom. The van der Waals surface area contributed by atoms with Crippen molar-refractivity contribution < 1.29 is 9.59 Å². The first-order valence-corrected chi connectivity index (χ1v) is 7.25. The Balaban J connectivity index is 1.95. The van der Waals surface area contributed by atoms with Crippen molar-refractivity contribution in [2.24, 2.45) is 11.3 Å². The van der Waals surface area contributed by atoms with Crippen molar-refractivity contribution >= 4 is 11.8 Å². The number of hydrogen-bond donors (Lipinski definition) is 0. The second-order valence-corrected chi connectivity index (χ2v) is 6.25. The molecule has 1 saturated carbocycles. The molecule has 1 aliphatic heterocycles. The maximum absolute atomic E-state index is 12.4. The third-order valence-corrected chi connectivity index (χ3v) is 5.33. The van der Waals surface area contributed by atoms with Crippen LogP contribution in [0.15, 0.2) is 23.3 Å². The molecule has 2 aliphatic carbocycles. The number of carbonyl (C=O) groups excluding carboxylic acids is 2. The second kappa shape index (κ2) is 4.06. The summed E-state index contributed by atoms with van der Waals surface area (Å²) in [4.78, 5) is 26.3. The summed E-state index contributed by atoms with van der Waals surface area (Å²) in [7, 11) is 0. The number of amides is 2. The van der Waals surface area contributed by atoms with E-state index in [1.165, 1.54) is 6.42 Å². The molecule has 3 aliphatic rings. The van der Waals surface area contributed by atoms with E-state index in [0.717, 1.165) is 19.3 Å². The molecular formula is C16H21NO2. The van der Waals surface area contributed by atoms with Crippen LogP contribution in [0, 0.1) is 11.3 Å². The van der Waals surface area contributed by atoms with Gasteiger partial charge in [0.15, 0.2) is 0 Å². The van der Waals surface area contributed by atoms with Gasteiger partial charge in [0.25, 0.3) is 11.8 Å². The molecule has 3 unspecified atom stereocenters. The Kier molecular flexibility index (Phi) is 2.70. The van der Waals surface area contributed by atoms with E-state index in [1.807, 2.05) is 0 Å². The molecule has 1 heterocycles. The lowest BCUT2D eigenvalue weighted by atomic mass is 9.77. The monoisotopic (exact) mass is 259 g/mol. The van der Waals surface area contributed by atoms with Crippen molar-refractivity contribution in [1.82, 2.24) is 4.90 Å². The molecule has 3 nitrogen and oxygen atoms in total. The average molecular weight is 259 g/mol. The van der Waals surface area contributed by atoms with Gasteiger partial charge in [-0.2, -0.15) is 0 Å². The van der Waals surface area contributed by atoms with Crippen molar-refractivity contribution in [1.29, 1.82) is 0 Å². The van der Waals surface area contributed by atoms with Gasteiger partial charge in [0.05, 0.1) is 0 Å². The van der Waals surface area contributed by atoms with E-state index < -0.39 is 0 Å². The number of allylic oxidation sites excluding steroid dienone is 1. The molecule has 0 radical (unpaired) electrons. The molecule has 0 spiro atoms. The molecule has 3 heteroatoms. The van der Waals surface area contributed by atoms with Crippen molar-refractivity contribution in [2.45, 2.75) is 52.5 Å². The van der Waals surface area contributed by atoms with E-state index in [4.69, 9.17) is 0 Å². The SMILES string of the molecule is CCC(N1C(=O)C(C)=C(C)C1=O)C12C=CC(CC1)C2. The topological polar surface area (TPSA) is 37.4 Å². The van der Waals surface area contributed by atoms with Gasteiger partial charge in [0.2, 0.25) is 0 Å². The highest BCUT2D eigenvalue weighted by molar-refractivity contribution is 6.19. The molecule has 0 aromatic rings. The Morgan fingerprint density at radius 1 is 1.32 bits per heavy atom. The average Bonchev–Trinajstić information content (AvgIpc) is 3.06. The fourth-order valence-electron chi connectivity index (χ4n) is 4.11. The van der Waals surface area contributed by atoms with Crippen LogP contribution in [0.2, 0.25) is 0 Å². The quantitative estimate of drug-likeness (QED) is 0.577. The lowest BCUT2D eigenvalue weighted by molar-refractivity contribution is -0.143. The van der Waals surface area contributed by atoms with E-state index in [1.54, 1.807) is 18.7 Å². The number of fused-ring (bicyclic) bond motifs is 2. The van der Waals surface area contributed by atoms with Gasteiger partial charge in [-0.25, -0.2) is 0 Å². The molecule has 2 bridgehead atoms. The molecule has 0 saturated heterocycles. The zero-order valence-corrected chi connectivity index (χ0v) is 11.9. The first-order valence-electron chi connectivity index (χ1n) is 7.25. The predicted octanol–water partition coefficient (Wildman–Crippen LogP) is 2.83. The van der Waals surface area contributed by atoms with Crippen molar-refractivity contribution in [2.75, 3.05) is 0 Å². The number of imide groups is 1. The van der Waals surface area contributed by atoms with Gasteiger partial charge in [0, 0.05) is 22.6 Å². The normalized spacial score (nSPS) is 34.9. The molecule has 3 rings (SSSR count). The summed E-state index contributed by atoms with van der Waals surface area (Å²) in [6, 6.07) is 0.0312. The number of carbonyl (C=O) groups is 2. The van der Waals surface area contributed by atoms with Crippen LogP contribution in [-0.4, -0.2) is 22.8 Å². The number of rotatable bonds is 3. The van der Waals surface area contributed by atoms with E-state index in [0.29, 0.717) is 17.1 Å². The van der Waals surface area contributed by atoms with E-state index in [2.05, 4.69) is 19.1 Å². The fourth-order valence-corrected chi connectivity index (χ4v) is 4.11. The Labute approximate surface area is 114 Å². The molecule has 1 fully saturated rings. The molecular weight excluding hydrogens is 238 g/mol. The predicted molar refractivity (Wildman–Crippen MR) is 73.2 cm³/mol. The van der Waals surface area contributed by atoms with Gasteiger partial charge in [0.1, 0.15) is 0 Å². The number of nitrogens with zero attached hydrogens (tertiary/aromatic N) is 1. The van der Waals surface area contributed by atoms with Gasteiger partial charge in [-0.3, -0.25) is 14.5 Å². The van der Waals surface area contributed by atoms with Crippen molar-refractivity contribution in [3.8, 4) is 0 Å². The zero-order valence-electron chi connectivity index (χ0n) is 11.9. The maximum atomic E-state index is 12.4. The summed E-state index contributed by atoms with van der Waals surface area (Å²) >= 11 is 0. The summed E-state index contributed by atoms with van der Waals surface area (Å²) in [5.41, 5.74) is 1.29. The fraction of sp³-hybridized carbons (Fsp3) is 0.625. The lowest BCUT2D eigenvalue weighted by Gasteiger charge is -2.39. The van der Waals surface area contributed by atoms with Crippen molar-refractivity contribution in [3.05, 3.63) is 23.3 Å². The Hall–Kier alpha value is -1.38. The molecule has 3 atom stereocenters. The first kappa shape index (κ1) is 12.6. The number of hydrogen-bond acceptors (Lipinski definition) is 2. The van der Waals surface area contributed by atoms with Gasteiger partial charge in [-0.05, 0) is 45.4 Å².